The molecule has 1 N–H and O–H groups in total. The number of carbonyl (C=O) groups is 2. The second-order valence-electron chi connectivity index (χ2n) is 10.3. The summed E-state index contributed by atoms with van der Waals surface area (Å²) in [5, 5.41) is 14.1. The predicted octanol–water partition coefficient (Wildman–Crippen LogP) is 6.79. The second-order valence-corrected chi connectivity index (χ2v) is 10.3. The number of aromatic nitrogens is 1. The molecule has 0 unspecified atom stereocenters. The molecule has 47 heavy (non-hydrogen) atoms. The lowest BCUT2D eigenvalue weighted by Crippen LogP contribution is -2.13. The highest BCUT2D eigenvalue weighted by molar-refractivity contribution is 6.24. The first-order valence-electron chi connectivity index (χ1n) is 14.8. The lowest BCUT2D eigenvalue weighted by Gasteiger charge is -2.16. The van der Waals surface area contributed by atoms with E-state index in [1.165, 1.54) is 26.4 Å². The average Bonchev–Trinajstić information content (AvgIpc) is 3.37. The predicted molar refractivity (Wildman–Crippen MR) is 174 cm³/mol. The van der Waals surface area contributed by atoms with Crippen molar-refractivity contribution in [2.24, 2.45) is 0 Å². The minimum absolute atomic E-state index is 0.00307. The van der Waals surface area contributed by atoms with Crippen molar-refractivity contribution in [1.29, 1.82) is 0 Å². The van der Waals surface area contributed by atoms with E-state index in [9.17, 15) is 19.7 Å². The summed E-state index contributed by atoms with van der Waals surface area (Å²) in [4.78, 5) is 42.3. The molecule has 4 aromatic rings. The fraction of sp³-hybridized carbons (Fsp3) is 0.229. The van der Waals surface area contributed by atoms with Gasteiger partial charge in [0.1, 0.15) is 12.4 Å². The van der Waals surface area contributed by atoms with Gasteiger partial charge < -0.3 is 29.0 Å². The van der Waals surface area contributed by atoms with Gasteiger partial charge in [0.25, 0.3) is 5.69 Å². The van der Waals surface area contributed by atoms with Crippen LogP contribution in [0.2, 0.25) is 0 Å². The highest BCUT2D eigenvalue weighted by atomic mass is 16.6. The van der Waals surface area contributed by atoms with Gasteiger partial charge in [0.05, 0.1) is 54.9 Å². The highest BCUT2D eigenvalue weighted by Gasteiger charge is 2.35. The van der Waals surface area contributed by atoms with Gasteiger partial charge in [-0.15, -0.1) is 0 Å². The molecule has 0 saturated carbocycles. The Bertz CT molecular complexity index is 1880. The summed E-state index contributed by atoms with van der Waals surface area (Å²) in [5.74, 6) is 1.19. The van der Waals surface area contributed by atoms with Crippen molar-refractivity contribution in [3.63, 3.8) is 0 Å². The number of allylic oxidation sites excluding steroid dienone is 1. The number of hydrogen-bond acceptors (Lipinski definition) is 11. The molecule has 2 heterocycles. The number of fused-ring (bicyclic) bond motifs is 1. The van der Waals surface area contributed by atoms with Gasteiger partial charge in [-0.1, -0.05) is 12.1 Å². The number of nitro groups is 1. The highest BCUT2D eigenvalue weighted by Crippen LogP contribution is 2.42. The maximum atomic E-state index is 14.0. The average molecular weight is 640 g/mol. The molecule has 0 amide bonds. The van der Waals surface area contributed by atoms with E-state index in [0.29, 0.717) is 57.8 Å². The van der Waals surface area contributed by atoms with Crippen LogP contribution >= 0.6 is 0 Å². The number of ketones is 1. The molecule has 0 atom stereocenters. The normalized spacial score (nSPS) is 12.7. The van der Waals surface area contributed by atoms with E-state index in [1.807, 2.05) is 6.92 Å². The fourth-order valence-corrected chi connectivity index (χ4v) is 5.21. The minimum Gasteiger partial charge on any atom is -0.493 e. The van der Waals surface area contributed by atoms with Crippen LogP contribution in [0.4, 0.5) is 11.5 Å². The van der Waals surface area contributed by atoms with Crippen LogP contribution in [-0.4, -0.2) is 49.1 Å². The van der Waals surface area contributed by atoms with Crippen molar-refractivity contribution in [3.8, 4) is 34.1 Å². The first-order valence-corrected chi connectivity index (χ1v) is 14.8. The molecule has 242 valence electrons. The van der Waals surface area contributed by atoms with Crippen molar-refractivity contribution in [2.75, 3.05) is 32.8 Å². The molecular formula is C35H33N3O9. The van der Waals surface area contributed by atoms with Crippen LogP contribution in [-0.2, 0) is 11.3 Å². The monoisotopic (exact) mass is 639 g/mol. The second kappa shape index (κ2) is 14.0. The summed E-state index contributed by atoms with van der Waals surface area (Å²) in [6.45, 7) is 5.92. The topological polar surface area (TPSA) is 148 Å². The van der Waals surface area contributed by atoms with Gasteiger partial charge in [0, 0.05) is 17.7 Å². The number of Topliss-reactive ketones (excluding diaryl/α,β-unsaturated/α-hetero) is 1. The van der Waals surface area contributed by atoms with Gasteiger partial charge in [-0.05, 0) is 79.9 Å². The molecule has 1 aromatic heterocycles. The van der Waals surface area contributed by atoms with Gasteiger partial charge in [0.15, 0.2) is 23.0 Å². The molecule has 5 rings (SSSR count). The van der Waals surface area contributed by atoms with Crippen LogP contribution in [0.5, 0.6) is 23.0 Å². The fourth-order valence-electron chi connectivity index (χ4n) is 5.21. The summed E-state index contributed by atoms with van der Waals surface area (Å²) >= 11 is 0. The van der Waals surface area contributed by atoms with E-state index in [-0.39, 0.29) is 41.5 Å². The van der Waals surface area contributed by atoms with Crippen LogP contribution < -0.4 is 24.3 Å². The van der Waals surface area contributed by atoms with E-state index >= 15 is 0 Å². The molecule has 12 nitrogen and oxygen atoms in total. The lowest BCUT2D eigenvalue weighted by atomic mass is 9.92. The molecule has 0 saturated heterocycles. The largest absolute Gasteiger partial charge is 0.493 e. The minimum atomic E-state index is -0.596. The van der Waals surface area contributed by atoms with Crippen LogP contribution in [0.3, 0.4) is 0 Å². The number of nitrogens with zero attached hydrogens (tertiary/aromatic N) is 2. The van der Waals surface area contributed by atoms with Crippen LogP contribution in [0.1, 0.15) is 51.4 Å². The number of nitro benzene ring substituents is 1. The molecule has 0 aliphatic carbocycles. The Morgan fingerprint density at radius 3 is 2.28 bits per heavy atom. The number of nitrogens with one attached hydrogen (secondary N) is 1. The number of hydrogen-bond donors (Lipinski definition) is 1. The number of aryl methyl sites for hydroxylation is 1. The zero-order valence-corrected chi connectivity index (χ0v) is 26.5. The van der Waals surface area contributed by atoms with Crippen LogP contribution in [0.25, 0.3) is 17.2 Å². The molecule has 0 bridgehead atoms. The number of rotatable bonds is 12. The third-order valence-corrected chi connectivity index (χ3v) is 7.37. The van der Waals surface area contributed by atoms with Crippen molar-refractivity contribution < 1.29 is 38.2 Å². The van der Waals surface area contributed by atoms with Crippen LogP contribution in [0, 0.1) is 17.0 Å². The van der Waals surface area contributed by atoms with E-state index < -0.39 is 10.9 Å². The zero-order valence-electron chi connectivity index (χ0n) is 26.5. The number of carbonyl (C=O) groups excluding carboxylic acids is 2. The summed E-state index contributed by atoms with van der Waals surface area (Å²) in [5.41, 5.74) is 3.37. The van der Waals surface area contributed by atoms with Gasteiger partial charge in [-0.3, -0.25) is 14.9 Å². The standard InChI is InChI=1S/C35H33N3O9/c1-6-45-29-17-22(10-14-27(29)47-19-21-8-12-24(13-9-21)38(41)42)16-25-33(39)32-31(23-11-15-26(43-4)28(18-23)44-5)30(35(40)46-7-2)20(3)36-34(32)37-25/h8-18H,6-7,19H2,1-5H3,(H,36,37). The van der Waals surface area contributed by atoms with Crippen LogP contribution in [0.15, 0.2) is 66.4 Å². The van der Waals surface area contributed by atoms with E-state index in [1.54, 1.807) is 68.5 Å². The summed E-state index contributed by atoms with van der Waals surface area (Å²) < 4.78 is 28.1. The maximum Gasteiger partial charge on any atom is 0.340 e. The molecule has 0 radical (unpaired) electrons. The third kappa shape index (κ3) is 6.71. The molecule has 0 spiro atoms. The Morgan fingerprint density at radius 1 is 0.894 bits per heavy atom. The van der Waals surface area contributed by atoms with Gasteiger partial charge in [-0.2, -0.15) is 0 Å². The number of esters is 1. The quantitative estimate of drug-likeness (QED) is 0.0756. The molecule has 1 aliphatic rings. The summed E-state index contributed by atoms with van der Waals surface area (Å²) in [6, 6.07) is 16.5. The van der Waals surface area contributed by atoms with Gasteiger partial charge in [0.2, 0.25) is 5.78 Å². The third-order valence-electron chi connectivity index (χ3n) is 7.37. The summed E-state index contributed by atoms with van der Waals surface area (Å²) in [6.07, 6.45) is 1.67. The number of ether oxygens (including phenoxy) is 5. The SMILES string of the molecule is CCOC(=O)c1c(C)nc2c(c1-c1ccc(OC)c(OC)c1)C(=O)C(=Cc1ccc(OCc3ccc([N+](=O)[O-])cc3)c(OCC)c1)N2. The lowest BCUT2D eigenvalue weighted by molar-refractivity contribution is -0.384. The first-order chi connectivity index (χ1) is 22.7. The molecule has 3 aromatic carbocycles. The molecule has 1 aliphatic heterocycles. The Balaban J connectivity index is 1.51. The number of benzene rings is 3. The zero-order chi connectivity index (χ0) is 33.7. The van der Waals surface area contributed by atoms with Crippen molar-refractivity contribution in [1.82, 2.24) is 4.98 Å². The first kappa shape index (κ1) is 32.5. The van der Waals surface area contributed by atoms with E-state index in [0.717, 1.165) is 5.56 Å². The number of non-ortho nitro benzene ring substituents is 1. The molecule has 12 heteroatoms. The molecular weight excluding hydrogens is 606 g/mol. The molecule has 0 fully saturated rings. The Morgan fingerprint density at radius 2 is 1.62 bits per heavy atom. The van der Waals surface area contributed by atoms with E-state index in [2.05, 4.69) is 10.3 Å². The van der Waals surface area contributed by atoms with Crippen molar-refractivity contribution in [3.05, 3.63) is 104 Å². The van der Waals surface area contributed by atoms with Crippen molar-refractivity contribution in [2.45, 2.75) is 27.4 Å². The van der Waals surface area contributed by atoms with Crippen molar-refractivity contribution >= 4 is 29.3 Å². The Kier molecular flexibility index (Phi) is 9.69. The Labute approximate surface area is 271 Å². The maximum absolute atomic E-state index is 14.0. The van der Waals surface area contributed by atoms with Gasteiger partial charge in [-0.25, -0.2) is 9.78 Å². The summed E-state index contributed by atoms with van der Waals surface area (Å²) in [7, 11) is 3.03. The Hall–Kier alpha value is -5.91. The smallest absolute Gasteiger partial charge is 0.340 e. The van der Waals surface area contributed by atoms with Gasteiger partial charge >= 0.3 is 5.97 Å². The number of anilines is 1. The number of methoxy groups -OCH3 is 2. The van der Waals surface area contributed by atoms with E-state index in [4.69, 9.17) is 23.7 Å². The number of pyridine rings is 1.